The predicted molar refractivity (Wildman–Crippen MR) is 90.8 cm³/mol. The van der Waals surface area contributed by atoms with E-state index in [1.807, 2.05) is 25.1 Å². The molecule has 0 atom stereocenters. The van der Waals surface area contributed by atoms with Gasteiger partial charge in [-0.2, -0.15) is 0 Å². The van der Waals surface area contributed by atoms with Crippen molar-refractivity contribution in [2.75, 3.05) is 5.75 Å². The minimum Gasteiger partial charge on any atom is -0.348 e. The Morgan fingerprint density at radius 2 is 2.08 bits per heavy atom. The number of thioether (sulfide) groups is 1. The summed E-state index contributed by atoms with van der Waals surface area (Å²) in [5.74, 6) is 0.643. The van der Waals surface area contributed by atoms with Crippen LogP contribution in [0.3, 0.4) is 0 Å². The number of carbonyl (C=O) groups excluding carboxylic acids is 1. The number of aromatic amines is 2. The number of aromatic nitrogens is 5. The molecule has 0 unspecified atom stereocenters. The highest BCUT2D eigenvalue weighted by Crippen LogP contribution is 2.13. The summed E-state index contributed by atoms with van der Waals surface area (Å²) in [6, 6.07) is 5.94. The summed E-state index contributed by atoms with van der Waals surface area (Å²) in [4.78, 5) is 33.5. The van der Waals surface area contributed by atoms with Crippen LogP contribution in [0.25, 0.3) is 11.0 Å². The number of hydrogen-bond donors (Lipinski definition) is 3. The number of benzene rings is 1. The second-order valence-electron chi connectivity index (χ2n) is 5.31. The highest BCUT2D eigenvalue weighted by Gasteiger charge is 2.08. The number of amides is 1. The number of aryl methyl sites for hydroxylation is 2. The minimum atomic E-state index is -0.300. The Balaban J connectivity index is 1.54. The van der Waals surface area contributed by atoms with Gasteiger partial charge in [0.2, 0.25) is 5.91 Å². The molecule has 0 aliphatic rings. The smallest absolute Gasteiger partial charge is 0.273 e. The van der Waals surface area contributed by atoms with Crippen molar-refractivity contribution in [1.29, 1.82) is 0 Å². The fraction of sp³-hybridized carbons (Fsp3) is 0.267. The Bertz CT molecular complexity index is 949. The van der Waals surface area contributed by atoms with E-state index in [9.17, 15) is 9.59 Å². The highest BCUT2D eigenvalue weighted by atomic mass is 32.2. The molecule has 0 fully saturated rings. The quantitative estimate of drug-likeness (QED) is 0.596. The molecular formula is C15H16N6O2S. The van der Waals surface area contributed by atoms with Crippen molar-refractivity contribution in [2.24, 2.45) is 0 Å². The zero-order valence-electron chi connectivity index (χ0n) is 13.2. The zero-order chi connectivity index (χ0) is 17.1. The van der Waals surface area contributed by atoms with E-state index in [0.717, 1.165) is 28.4 Å². The molecule has 9 heteroatoms. The molecule has 0 aliphatic carbocycles. The molecule has 2 aromatic heterocycles. The van der Waals surface area contributed by atoms with Crippen LogP contribution in [0.4, 0.5) is 0 Å². The second-order valence-corrected chi connectivity index (χ2v) is 6.28. The largest absolute Gasteiger partial charge is 0.348 e. The van der Waals surface area contributed by atoms with Crippen LogP contribution < -0.4 is 10.9 Å². The summed E-state index contributed by atoms with van der Waals surface area (Å²) in [6.45, 7) is 3.89. The molecule has 3 rings (SSSR count). The lowest BCUT2D eigenvalue weighted by molar-refractivity contribution is -0.118. The molecule has 2 heterocycles. The van der Waals surface area contributed by atoms with E-state index in [-0.39, 0.29) is 17.2 Å². The number of hydrogen-bond acceptors (Lipinski definition) is 6. The van der Waals surface area contributed by atoms with Gasteiger partial charge < -0.3 is 10.3 Å². The Labute approximate surface area is 141 Å². The van der Waals surface area contributed by atoms with E-state index < -0.39 is 0 Å². The summed E-state index contributed by atoms with van der Waals surface area (Å²) in [5.41, 5.74) is 2.95. The van der Waals surface area contributed by atoms with Crippen molar-refractivity contribution in [1.82, 2.24) is 30.5 Å². The maximum absolute atomic E-state index is 11.9. The van der Waals surface area contributed by atoms with Crippen LogP contribution in [-0.2, 0) is 11.3 Å². The van der Waals surface area contributed by atoms with E-state index in [0.29, 0.717) is 23.2 Å². The van der Waals surface area contributed by atoms with E-state index in [2.05, 4.69) is 30.5 Å². The lowest BCUT2D eigenvalue weighted by Gasteiger charge is -2.02. The van der Waals surface area contributed by atoms with Crippen molar-refractivity contribution in [3.05, 3.63) is 45.6 Å². The third kappa shape index (κ3) is 3.80. The van der Waals surface area contributed by atoms with E-state index in [4.69, 9.17) is 0 Å². The van der Waals surface area contributed by atoms with Gasteiger partial charge >= 0.3 is 0 Å². The lowest BCUT2D eigenvalue weighted by atomic mass is 10.2. The Morgan fingerprint density at radius 1 is 1.25 bits per heavy atom. The number of H-pyrrole nitrogens is 2. The average Bonchev–Trinajstić information content (AvgIpc) is 2.96. The van der Waals surface area contributed by atoms with E-state index in [1.54, 1.807) is 6.92 Å². The fourth-order valence-corrected chi connectivity index (χ4v) is 2.70. The molecule has 0 radical (unpaired) electrons. The number of nitrogens with zero attached hydrogens (tertiary/aromatic N) is 3. The predicted octanol–water partition coefficient (Wildman–Crippen LogP) is 1.07. The molecule has 3 N–H and O–H groups in total. The summed E-state index contributed by atoms with van der Waals surface area (Å²) in [7, 11) is 0. The number of nitrogens with one attached hydrogen (secondary N) is 3. The molecule has 1 aromatic carbocycles. The number of fused-ring (bicyclic) bond motifs is 1. The van der Waals surface area contributed by atoms with Crippen LogP contribution >= 0.6 is 11.8 Å². The van der Waals surface area contributed by atoms with Crippen molar-refractivity contribution >= 4 is 28.7 Å². The fourth-order valence-electron chi connectivity index (χ4n) is 2.07. The van der Waals surface area contributed by atoms with Gasteiger partial charge in [-0.3, -0.25) is 14.6 Å². The highest BCUT2D eigenvalue weighted by molar-refractivity contribution is 7.99. The zero-order valence-corrected chi connectivity index (χ0v) is 14.0. The monoisotopic (exact) mass is 344 g/mol. The average molecular weight is 344 g/mol. The van der Waals surface area contributed by atoms with Crippen LogP contribution in [0, 0.1) is 13.8 Å². The van der Waals surface area contributed by atoms with Crippen molar-refractivity contribution in [3.63, 3.8) is 0 Å². The third-order valence-electron chi connectivity index (χ3n) is 3.32. The van der Waals surface area contributed by atoms with Crippen LogP contribution in [-0.4, -0.2) is 36.8 Å². The molecule has 0 saturated heterocycles. The SMILES string of the molecule is Cc1ccc2nc(CNC(=O)CSc3nnc(C)c(=O)[nH]3)[nH]c2c1. The third-order valence-corrected chi connectivity index (χ3v) is 4.18. The summed E-state index contributed by atoms with van der Waals surface area (Å²) in [5, 5.41) is 10.6. The van der Waals surface area contributed by atoms with Gasteiger partial charge in [-0.1, -0.05) is 17.8 Å². The molecule has 0 bridgehead atoms. The lowest BCUT2D eigenvalue weighted by Crippen LogP contribution is -2.25. The number of rotatable bonds is 5. The molecular weight excluding hydrogens is 328 g/mol. The molecule has 0 aliphatic heterocycles. The topological polar surface area (TPSA) is 116 Å². The van der Waals surface area contributed by atoms with Gasteiger partial charge in [-0.15, -0.1) is 10.2 Å². The standard InChI is InChI=1S/C15H16N6O2S/c1-8-3-4-10-11(5-8)18-12(17-10)6-16-13(22)7-24-15-19-14(23)9(2)20-21-15/h3-5H,6-7H2,1-2H3,(H,16,22)(H,17,18)(H,19,21,23). The first-order valence-electron chi connectivity index (χ1n) is 7.29. The van der Waals surface area contributed by atoms with Crippen LogP contribution in [0.2, 0.25) is 0 Å². The summed E-state index contributed by atoms with van der Waals surface area (Å²) < 4.78 is 0. The van der Waals surface area contributed by atoms with E-state index in [1.165, 1.54) is 0 Å². The first-order chi connectivity index (χ1) is 11.5. The van der Waals surface area contributed by atoms with Gasteiger partial charge in [0.1, 0.15) is 11.5 Å². The Morgan fingerprint density at radius 3 is 2.88 bits per heavy atom. The van der Waals surface area contributed by atoms with Gasteiger partial charge in [-0.25, -0.2) is 4.98 Å². The Kier molecular flexibility index (Phi) is 4.61. The summed E-state index contributed by atoms with van der Waals surface area (Å²) in [6.07, 6.45) is 0. The van der Waals surface area contributed by atoms with Crippen molar-refractivity contribution in [3.8, 4) is 0 Å². The minimum absolute atomic E-state index is 0.132. The maximum Gasteiger partial charge on any atom is 0.273 e. The van der Waals surface area contributed by atoms with Crippen LogP contribution in [0.15, 0.2) is 28.2 Å². The van der Waals surface area contributed by atoms with Crippen molar-refractivity contribution in [2.45, 2.75) is 25.5 Å². The van der Waals surface area contributed by atoms with Gasteiger partial charge in [0.25, 0.3) is 5.56 Å². The maximum atomic E-state index is 11.9. The van der Waals surface area contributed by atoms with Gasteiger partial charge in [0.05, 0.1) is 23.3 Å². The molecule has 24 heavy (non-hydrogen) atoms. The summed E-state index contributed by atoms with van der Waals surface area (Å²) >= 11 is 1.12. The van der Waals surface area contributed by atoms with E-state index >= 15 is 0 Å². The van der Waals surface area contributed by atoms with Gasteiger partial charge in [0, 0.05) is 0 Å². The first-order valence-corrected chi connectivity index (χ1v) is 8.28. The van der Waals surface area contributed by atoms with Crippen LogP contribution in [0.5, 0.6) is 0 Å². The Hall–Kier alpha value is -2.68. The number of carbonyl (C=O) groups is 1. The molecule has 0 saturated carbocycles. The molecule has 0 spiro atoms. The van der Waals surface area contributed by atoms with Gasteiger partial charge in [0.15, 0.2) is 5.16 Å². The van der Waals surface area contributed by atoms with Crippen LogP contribution in [0.1, 0.15) is 17.1 Å². The second kappa shape index (κ2) is 6.83. The molecule has 124 valence electrons. The number of imidazole rings is 1. The first kappa shape index (κ1) is 16.2. The van der Waals surface area contributed by atoms with Crippen molar-refractivity contribution < 1.29 is 4.79 Å². The normalized spacial score (nSPS) is 10.9. The molecule has 8 nitrogen and oxygen atoms in total. The van der Waals surface area contributed by atoms with Gasteiger partial charge in [-0.05, 0) is 31.5 Å². The molecule has 3 aromatic rings. The molecule has 1 amide bonds.